The first-order valence-electron chi connectivity index (χ1n) is 5.79. The van der Waals surface area contributed by atoms with Gasteiger partial charge in [-0.15, -0.1) is 0 Å². The van der Waals surface area contributed by atoms with E-state index >= 15 is 0 Å². The zero-order valence-corrected chi connectivity index (χ0v) is 11.4. The molecule has 0 spiro atoms. The van der Waals surface area contributed by atoms with E-state index in [-0.39, 0.29) is 0 Å². The molecule has 1 aromatic carbocycles. The van der Waals surface area contributed by atoms with Crippen molar-refractivity contribution in [1.82, 2.24) is 10.3 Å². The van der Waals surface area contributed by atoms with E-state index in [1.807, 2.05) is 36.7 Å². The zero-order valence-electron chi connectivity index (χ0n) is 9.87. The fourth-order valence-electron chi connectivity index (χ4n) is 1.68. The Balaban J connectivity index is 1.80. The number of halogens is 2. The van der Waals surface area contributed by atoms with E-state index < -0.39 is 0 Å². The molecule has 0 aliphatic carbocycles. The third-order valence-corrected chi connectivity index (χ3v) is 3.27. The molecule has 2 aromatic rings. The number of pyridine rings is 1. The molecule has 0 amide bonds. The predicted octanol–water partition coefficient (Wildman–Crippen LogP) is 3.72. The van der Waals surface area contributed by atoms with Crippen LogP contribution in [0.25, 0.3) is 0 Å². The molecule has 2 nitrogen and oxygen atoms in total. The lowest BCUT2D eigenvalue weighted by Gasteiger charge is -2.07. The Bertz CT molecular complexity index is 500. The van der Waals surface area contributed by atoms with Crippen LogP contribution in [0.4, 0.5) is 0 Å². The second-order valence-corrected chi connectivity index (χ2v) is 4.86. The van der Waals surface area contributed by atoms with Gasteiger partial charge in [-0.3, -0.25) is 4.98 Å². The topological polar surface area (TPSA) is 24.9 Å². The van der Waals surface area contributed by atoms with Gasteiger partial charge in [0.05, 0.1) is 0 Å². The first kappa shape index (κ1) is 13.3. The summed E-state index contributed by atoms with van der Waals surface area (Å²) in [6.45, 7) is 1.62. The molecule has 4 heteroatoms. The third-order valence-electron chi connectivity index (χ3n) is 2.66. The summed E-state index contributed by atoms with van der Waals surface area (Å²) >= 11 is 12.0. The predicted molar refractivity (Wildman–Crippen MR) is 76.1 cm³/mol. The molecular weight excluding hydrogens is 267 g/mol. The molecule has 1 heterocycles. The quantitative estimate of drug-likeness (QED) is 0.845. The Kier molecular flexibility index (Phi) is 5.00. The van der Waals surface area contributed by atoms with Crippen molar-refractivity contribution in [2.45, 2.75) is 13.0 Å². The summed E-state index contributed by atoms with van der Waals surface area (Å²) in [5.41, 5.74) is 2.30. The van der Waals surface area contributed by atoms with Gasteiger partial charge >= 0.3 is 0 Å². The number of nitrogens with one attached hydrogen (secondary N) is 1. The van der Waals surface area contributed by atoms with Gasteiger partial charge in [0, 0.05) is 29.0 Å². The van der Waals surface area contributed by atoms with Crippen LogP contribution in [0.2, 0.25) is 10.0 Å². The Labute approximate surface area is 117 Å². The van der Waals surface area contributed by atoms with Gasteiger partial charge in [0.2, 0.25) is 0 Å². The monoisotopic (exact) mass is 280 g/mol. The van der Waals surface area contributed by atoms with Gasteiger partial charge in [-0.25, -0.2) is 0 Å². The minimum Gasteiger partial charge on any atom is -0.312 e. The molecule has 0 bridgehead atoms. The standard InChI is InChI=1S/C14H14Cl2N2/c15-13-1-2-14(16)12(9-13)10-18-8-5-11-3-6-17-7-4-11/h1-4,6-7,9,18H,5,8,10H2. The Morgan fingerprint density at radius 3 is 2.61 bits per heavy atom. The van der Waals surface area contributed by atoms with Crippen molar-refractivity contribution in [1.29, 1.82) is 0 Å². The van der Waals surface area contributed by atoms with Crippen molar-refractivity contribution < 1.29 is 0 Å². The molecular formula is C14H14Cl2N2. The summed E-state index contributed by atoms with van der Waals surface area (Å²) in [5.74, 6) is 0. The van der Waals surface area contributed by atoms with Crippen LogP contribution in [0.15, 0.2) is 42.7 Å². The fraction of sp³-hybridized carbons (Fsp3) is 0.214. The van der Waals surface area contributed by atoms with Crippen LogP contribution in [0, 0.1) is 0 Å². The molecule has 18 heavy (non-hydrogen) atoms. The maximum Gasteiger partial charge on any atom is 0.0451 e. The lowest BCUT2D eigenvalue weighted by atomic mass is 10.2. The summed E-state index contributed by atoms with van der Waals surface area (Å²) in [4.78, 5) is 3.99. The highest BCUT2D eigenvalue weighted by Crippen LogP contribution is 2.20. The van der Waals surface area contributed by atoms with Crippen molar-refractivity contribution in [3.63, 3.8) is 0 Å². The molecule has 0 saturated heterocycles. The smallest absolute Gasteiger partial charge is 0.0451 e. The van der Waals surface area contributed by atoms with Crippen molar-refractivity contribution in [3.05, 3.63) is 63.9 Å². The van der Waals surface area contributed by atoms with Crippen LogP contribution in [0.5, 0.6) is 0 Å². The largest absolute Gasteiger partial charge is 0.312 e. The van der Waals surface area contributed by atoms with Crippen molar-refractivity contribution >= 4 is 23.2 Å². The third kappa shape index (κ3) is 3.98. The van der Waals surface area contributed by atoms with Crippen LogP contribution < -0.4 is 5.32 Å². The van der Waals surface area contributed by atoms with Gasteiger partial charge in [0.25, 0.3) is 0 Å². The van der Waals surface area contributed by atoms with Gasteiger partial charge in [-0.1, -0.05) is 23.2 Å². The lowest BCUT2D eigenvalue weighted by molar-refractivity contribution is 0.687. The molecule has 0 fully saturated rings. The maximum atomic E-state index is 6.09. The van der Waals surface area contributed by atoms with Crippen LogP contribution in [0.3, 0.4) is 0 Å². The molecule has 0 aliphatic rings. The Morgan fingerprint density at radius 2 is 1.83 bits per heavy atom. The molecule has 0 saturated carbocycles. The number of hydrogen-bond donors (Lipinski definition) is 1. The van der Waals surface area contributed by atoms with E-state index in [0.717, 1.165) is 30.1 Å². The molecule has 1 aromatic heterocycles. The highest BCUT2D eigenvalue weighted by molar-refractivity contribution is 6.33. The summed E-state index contributed by atoms with van der Waals surface area (Å²) in [6, 6.07) is 9.56. The Hall–Kier alpha value is -1.09. The first-order chi connectivity index (χ1) is 8.75. The van der Waals surface area contributed by atoms with Gasteiger partial charge in [0.15, 0.2) is 0 Å². The fourth-order valence-corrected chi connectivity index (χ4v) is 2.06. The van der Waals surface area contributed by atoms with Crippen molar-refractivity contribution in [2.24, 2.45) is 0 Å². The van der Waals surface area contributed by atoms with Crippen LogP contribution >= 0.6 is 23.2 Å². The van der Waals surface area contributed by atoms with Gasteiger partial charge in [-0.2, -0.15) is 0 Å². The second-order valence-electron chi connectivity index (χ2n) is 4.02. The average Bonchev–Trinajstić information content (AvgIpc) is 2.40. The number of rotatable bonds is 5. The highest BCUT2D eigenvalue weighted by atomic mass is 35.5. The molecule has 0 aliphatic heterocycles. The highest BCUT2D eigenvalue weighted by Gasteiger charge is 2.00. The van der Waals surface area contributed by atoms with Gasteiger partial charge in [0.1, 0.15) is 0 Å². The van der Waals surface area contributed by atoms with Gasteiger partial charge < -0.3 is 5.32 Å². The molecule has 2 rings (SSSR count). The van der Waals surface area contributed by atoms with E-state index in [4.69, 9.17) is 23.2 Å². The van der Waals surface area contributed by atoms with E-state index in [1.54, 1.807) is 6.07 Å². The molecule has 0 radical (unpaired) electrons. The molecule has 1 N–H and O–H groups in total. The van der Waals surface area contributed by atoms with Crippen molar-refractivity contribution in [2.75, 3.05) is 6.54 Å². The van der Waals surface area contributed by atoms with E-state index in [0.29, 0.717) is 5.02 Å². The SMILES string of the molecule is Clc1ccc(Cl)c(CNCCc2ccncc2)c1. The van der Waals surface area contributed by atoms with E-state index in [1.165, 1.54) is 5.56 Å². The van der Waals surface area contributed by atoms with Crippen LogP contribution in [-0.4, -0.2) is 11.5 Å². The van der Waals surface area contributed by atoms with E-state index in [9.17, 15) is 0 Å². The van der Waals surface area contributed by atoms with Crippen molar-refractivity contribution in [3.8, 4) is 0 Å². The number of nitrogens with zero attached hydrogens (tertiary/aromatic N) is 1. The van der Waals surface area contributed by atoms with E-state index in [2.05, 4.69) is 10.3 Å². The lowest BCUT2D eigenvalue weighted by Crippen LogP contribution is -2.16. The second kappa shape index (κ2) is 6.74. The van der Waals surface area contributed by atoms with Crippen LogP contribution in [0.1, 0.15) is 11.1 Å². The molecule has 0 unspecified atom stereocenters. The number of aromatic nitrogens is 1. The summed E-state index contributed by atoms with van der Waals surface area (Å²) in [6.07, 6.45) is 4.59. The zero-order chi connectivity index (χ0) is 12.8. The number of benzene rings is 1. The average molecular weight is 281 g/mol. The summed E-state index contributed by atoms with van der Waals surface area (Å²) in [5, 5.41) is 4.81. The van der Waals surface area contributed by atoms with Gasteiger partial charge in [-0.05, 0) is 54.4 Å². The Morgan fingerprint density at radius 1 is 1.06 bits per heavy atom. The van der Waals surface area contributed by atoms with Crippen LogP contribution in [-0.2, 0) is 13.0 Å². The maximum absolute atomic E-state index is 6.09. The minimum atomic E-state index is 0.713. The summed E-state index contributed by atoms with van der Waals surface area (Å²) in [7, 11) is 0. The first-order valence-corrected chi connectivity index (χ1v) is 6.55. The minimum absolute atomic E-state index is 0.713. The normalized spacial score (nSPS) is 10.6. The molecule has 0 atom stereocenters. The summed E-state index contributed by atoms with van der Waals surface area (Å²) < 4.78 is 0. The molecule has 94 valence electrons. The number of hydrogen-bond acceptors (Lipinski definition) is 2.